The van der Waals surface area contributed by atoms with Gasteiger partial charge in [-0.25, -0.2) is 0 Å². The Morgan fingerprint density at radius 3 is 2.96 bits per heavy atom. The highest BCUT2D eigenvalue weighted by molar-refractivity contribution is 9.10. The maximum absolute atomic E-state index is 12.2. The molecule has 0 aliphatic heterocycles. The van der Waals surface area contributed by atoms with Gasteiger partial charge in [-0.05, 0) is 35.6 Å². The number of aromatic nitrogens is 1. The monoisotopic (exact) mass is 403 g/mol. The van der Waals surface area contributed by atoms with E-state index < -0.39 is 16.0 Å². The van der Waals surface area contributed by atoms with Gasteiger partial charge in [-0.3, -0.25) is 19.7 Å². The second-order valence-electron chi connectivity index (χ2n) is 6.45. The fourth-order valence-corrected chi connectivity index (χ4v) is 4.09. The van der Waals surface area contributed by atoms with Gasteiger partial charge < -0.3 is 9.88 Å². The fraction of sp³-hybridized carbons (Fsp3) is 0.294. The molecule has 0 saturated heterocycles. The molecule has 7 nitrogen and oxygen atoms in total. The smallest absolute Gasteiger partial charge is 0.332 e. The first kappa shape index (κ1) is 16.0. The highest BCUT2D eigenvalue weighted by Crippen LogP contribution is 2.56. The van der Waals surface area contributed by atoms with Crippen LogP contribution in [0.3, 0.4) is 0 Å². The van der Waals surface area contributed by atoms with Crippen molar-refractivity contribution in [3.63, 3.8) is 0 Å². The Morgan fingerprint density at radius 1 is 1.40 bits per heavy atom. The second-order valence-corrected chi connectivity index (χ2v) is 7.37. The molecule has 1 saturated carbocycles. The molecule has 1 aromatic heterocycles. The highest BCUT2D eigenvalue weighted by atomic mass is 79.9. The average Bonchev–Trinajstić information content (AvgIpc) is 3.07. The number of nitro groups is 1. The summed E-state index contributed by atoms with van der Waals surface area (Å²) in [5.41, 5.74) is 1.42. The Labute approximate surface area is 150 Å². The average molecular weight is 404 g/mol. The molecule has 1 N–H and O–H groups in total. The van der Waals surface area contributed by atoms with E-state index in [1.807, 2.05) is 6.07 Å². The molecule has 1 amide bonds. The van der Waals surface area contributed by atoms with E-state index >= 15 is 0 Å². The van der Waals surface area contributed by atoms with Crippen LogP contribution in [0, 0.1) is 16.0 Å². The van der Waals surface area contributed by atoms with Crippen molar-refractivity contribution >= 4 is 27.5 Å². The number of halogens is 1. The van der Waals surface area contributed by atoms with Crippen molar-refractivity contribution in [2.24, 2.45) is 5.92 Å². The molecular weight excluding hydrogens is 390 g/mol. The summed E-state index contributed by atoms with van der Waals surface area (Å²) >= 11 is 3.48. The number of hydrogen-bond acceptors (Lipinski definition) is 4. The molecule has 2 aromatic rings. The van der Waals surface area contributed by atoms with E-state index in [2.05, 4.69) is 33.4 Å². The maximum Gasteiger partial charge on any atom is 0.332 e. The van der Waals surface area contributed by atoms with Crippen LogP contribution in [0.1, 0.15) is 17.0 Å². The number of carbonyl (C=O) groups excluding carboxylic acids is 1. The van der Waals surface area contributed by atoms with Crippen LogP contribution in [0.4, 0.5) is 5.69 Å². The van der Waals surface area contributed by atoms with Crippen LogP contribution in [0.15, 0.2) is 45.9 Å². The number of pyridine rings is 1. The van der Waals surface area contributed by atoms with Gasteiger partial charge in [0.25, 0.3) is 5.43 Å². The molecule has 3 atom stereocenters. The first-order valence-electron chi connectivity index (χ1n) is 7.86. The summed E-state index contributed by atoms with van der Waals surface area (Å²) < 4.78 is 2.39. The number of carbonyl (C=O) groups is 1. The maximum atomic E-state index is 12.2. The van der Waals surface area contributed by atoms with Crippen LogP contribution < -0.4 is 10.7 Å². The minimum absolute atomic E-state index is 0.0532. The number of rotatable bonds is 4. The predicted octanol–water partition coefficient (Wildman–Crippen LogP) is 1.97. The Hall–Kier alpha value is -2.48. The molecular formula is C17H14BrN3O4. The second kappa shape index (κ2) is 5.80. The largest absolute Gasteiger partial charge is 0.351 e. The number of nitrogens with one attached hydrogen (secondary N) is 1. The number of benzene rings is 1. The summed E-state index contributed by atoms with van der Waals surface area (Å²) in [4.78, 5) is 33.7. The third-order valence-electron chi connectivity index (χ3n) is 4.90. The number of nitrogens with zero attached hydrogens (tertiary/aromatic N) is 2. The van der Waals surface area contributed by atoms with Crippen LogP contribution in [0.25, 0.3) is 0 Å². The molecule has 3 unspecified atom stereocenters. The molecule has 2 aliphatic carbocycles. The number of amides is 1. The summed E-state index contributed by atoms with van der Waals surface area (Å²) in [5, 5.41) is 13.8. The SMILES string of the molecule is O=C(Cn1ccc(=O)c([N+](=O)[O-])c1)NC1C2Cc3ccc(Br)cc3C21. The van der Waals surface area contributed by atoms with Crippen molar-refractivity contribution in [2.45, 2.75) is 24.9 Å². The molecule has 2 aliphatic rings. The lowest BCUT2D eigenvalue weighted by atomic mass is 10.1. The van der Waals surface area contributed by atoms with E-state index in [1.54, 1.807) is 0 Å². The summed E-state index contributed by atoms with van der Waals surface area (Å²) in [6.07, 6.45) is 3.44. The van der Waals surface area contributed by atoms with Gasteiger partial charge in [0, 0.05) is 28.7 Å². The molecule has 25 heavy (non-hydrogen) atoms. The zero-order valence-corrected chi connectivity index (χ0v) is 14.6. The van der Waals surface area contributed by atoms with Gasteiger partial charge in [0.15, 0.2) is 0 Å². The van der Waals surface area contributed by atoms with Gasteiger partial charge in [0.05, 0.1) is 11.1 Å². The Balaban J connectivity index is 1.43. The summed E-state index contributed by atoms with van der Waals surface area (Å²) in [7, 11) is 0. The number of hydrogen-bond donors (Lipinski definition) is 1. The predicted molar refractivity (Wildman–Crippen MR) is 93.4 cm³/mol. The zero-order chi connectivity index (χ0) is 17.7. The Kier molecular flexibility index (Phi) is 3.72. The van der Waals surface area contributed by atoms with Gasteiger partial charge >= 0.3 is 5.69 Å². The van der Waals surface area contributed by atoms with E-state index in [4.69, 9.17) is 0 Å². The topological polar surface area (TPSA) is 94.2 Å². The van der Waals surface area contributed by atoms with Crippen LogP contribution in [0.5, 0.6) is 0 Å². The van der Waals surface area contributed by atoms with Crippen LogP contribution in [-0.2, 0) is 17.8 Å². The third-order valence-corrected chi connectivity index (χ3v) is 5.39. The summed E-state index contributed by atoms with van der Waals surface area (Å²) in [6, 6.07) is 7.47. The van der Waals surface area contributed by atoms with E-state index in [-0.39, 0.29) is 18.5 Å². The van der Waals surface area contributed by atoms with Gasteiger partial charge in [-0.15, -0.1) is 0 Å². The van der Waals surface area contributed by atoms with E-state index in [0.717, 1.165) is 23.2 Å². The van der Waals surface area contributed by atoms with Crippen LogP contribution >= 0.6 is 15.9 Å². The third kappa shape index (κ3) is 2.86. The van der Waals surface area contributed by atoms with E-state index in [0.29, 0.717) is 11.8 Å². The molecule has 128 valence electrons. The van der Waals surface area contributed by atoms with Gasteiger partial charge in [-0.1, -0.05) is 22.0 Å². The molecule has 4 rings (SSSR count). The normalized spacial score (nSPS) is 22.8. The molecule has 0 bridgehead atoms. The van der Waals surface area contributed by atoms with E-state index in [1.165, 1.54) is 21.9 Å². The highest BCUT2D eigenvalue weighted by Gasteiger charge is 2.56. The standard InChI is InChI=1S/C17H14BrN3O4/c18-10-2-1-9-5-12-16(11(9)6-10)17(12)19-15(23)8-20-4-3-14(22)13(7-20)21(24)25/h1-4,6-7,12,16-17H,5,8H2,(H,19,23). The first-order chi connectivity index (χ1) is 11.9. The van der Waals surface area contributed by atoms with Crippen molar-refractivity contribution in [3.8, 4) is 0 Å². The van der Waals surface area contributed by atoms with Crippen molar-refractivity contribution in [1.82, 2.24) is 9.88 Å². The van der Waals surface area contributed by atoms with E-state index in [9.17, 15) is 19.7 Å². The van der Waals surface area contributed by atoms with Gasteiger partial charge in [-0.2, -0.15) is 0 Å². The first-order valence-corrected chi connectivity index (χ1v) is 8.65. The Bertz CT molecular complexity index is 955. The van der Waals surface area contributed by atoms with Crippen molar-refractivity contribution in [2.75, 3.05) is 0 Å². The fourth-order valence-electron chi connectivity index (χ4n) is 3.71. The van der Waals surface area contributed by atoms with Crippen molar-refractivity contribution in [3.05, 3.63) is 72.6 Å². The summed E-state index contributed by atoms with van der Waals surface area (Å²) in [6.45, 7) is -0.0532. The van der Waals surface area contributed by atoms with Crippen molar-refractivity contribution < 1.29 is 9.72 Å². The van der Waals surface area contributed by atoms with Crippen LogP contribution in [-0.4, -0.2) is 21.4 Å². The molecule has 1 heterocycles. The van der Waals surface area contributed by atoms with Gasteiger partial charge in [0.1, 0.15) is 6.54 Å². The molecule has 1 fully saturated rings. The minimum Gasteiger partial charge on any atom is -0.351 e. The van der Waals surface area contributed by atoms with Gasteiger partial charge in [0.2, 0.25) is 5.91 Å². The van der Waals surface area contributed by atoms with Crippen LogP contribution in [0.2, 0.25) is 0 Å². The van der Waals surface area contributed by atoms with Crippen molar-refractivity contribution in [1.29, 1.82) is 0 Å². The zero-order valence-electron chi connectivity index (χ0n) is 13.0. The Morgan fingerprint density at radius 2 is 2.20 bits per heavy atom. The lowest BCUT2D eigenvalue weighted by Crippen LogP contribution is -2.32. The number of fused-ring (bicyclic) bond motifs is 3. The minimum atomic E-state index is -0.739. The quantitative estimate of drug-likeness (QED) is 0.623. The lowest BCUT2D eigenvalue weighted by Gasteiger charge is -2.11. The molecule has 1 aromatic carbocycles. The summed E-state index contributed by atoms with van der Waals surface area (Å²) in [5.74, 6) is 0.560. The molecule has 0 spiro atoms. The lowest BCUT2D eigenvalue weighted by molar-refractivity contribution is -0.386. The molecule has 8 heteroatoms. The molecule has 0 radical (unpaired) electrons.